The molecule has 2 atom stereocenters. The van der Waals surface area contributed by atoms with Crippen molar-refractivity contribution in [1.29, 1.82) is 0 Å². The third-order valence-electron chi connectivity index (χ3n) is 4.92. The highest BCUT2D eigenvalue weighted by atomic mass is 32.1. The monoisotopic (exact) mass is 434 g/mol. The lowest BCUT2D eigenvalue weighted by Gasteiger charge is -2.17. The Hall–Kier alpha value is -3.09. The fourth-order valence-electron chi connectivity index (χ4n) is 3.22. The number of anilines is 1. The Bertz CT molecular complexity index is 996. The first-order valence-corrected chi connectivity index (χ1v) is 10.8. The first-order valence-electron chi connectivity index (χ1n) is 10.1. The average molecular weight is 435 g/mol. The molecule has 160 valence electrons. The molecule has 6 heteroatoms. The zero-order valence-corrected chi connectivity index (χ0v) is 18.0. The fraction of sp³-hybridized carbons (Fsp3) is 0.200. The molecule has 0 aliphatic rings. The highest BCUT2D eigenvalue weighted by Gasteiger charge is 2.20. The third kappa shape index (κ3) is 6.44. The number of carbonyl (C=O) groups excluding carboxylic acids is 2. The van der Waals surface area contributed by atoms with Crippen LogP contribution in [0.1, 0.15) is 27.6 Å². The van der Waals surface area contributed by atoms with Crippen LogP contribution in [-0.2, 0) is 16.0 Å². The Kier molecular flexibility index (Phi) is 8.27. The van der Waals surface area contributed by atoms with Crippen LogP contribution in [0.2, 0.25) is 0 Å². The molecule has 2 unspecified atom stereocenters. The Morgan fingerprint density at radius 1 is 0.935 bits per heavy atom. The van der Waals surface area contributed by atoms with Crippen LogP contribution in [0.25, 0.3) is 0 Å². The first-order chi connectivity index (χ1) is 15.1. The van der Waals surface area contributed by atoms with Crippen molar-refractivity contribution in [3.05, 3.63) is 102 Å². The minimum atomic E-state index is -0.536. The number of nitrogens with one attached hydrogen (secondary N) is 1. The van der Waals surface area contributed by atoms with Crippen molar-refractivity contribution in [2.75, 3.05) is 17.6 Å². The number of hydrogen-bond acceptors (Lipinski definition) is 5. The first kappa shape index (κ1) is 22.6. The van der Waals surface area contributed by atoms with Crippen molar-refractivity contribution in [2.45, 2.75) is 12.5 Å². The summed E-state index contributed by atoms with van der Waals surface area (Å²) in [5.41, 5.74) is 8.58. The minimum Gasteiger partial charge on any atom is -0.453 e. The van der Waals surface area contributed by atoms with Gasteiger partial charge in [0.2, 0.25) is 5.91 Å². The van der Waals surface area contributed by atoms with Crippen LogP contribution in [0.4, 0.5) is 5.69 Å². The van der Waals surface area contributed by atoms with Crippen molar-refractivity contribution >= 4 is 30.2 Å². The molecule has 0 saturated heterocycles. The number of esters is 1. The summed E-state index contributed by atoms with van der Waals surface area (Å²) >= 11 is 4.34. The van der Waals surface area contributed by atoms with Gasteiger partial charge in [-0.15, -0.1) is 0 Å². The smallest absolute Gasteiger partial charge is 0.338 e. The number of nitrogens with two attached hydrogens (primary N) is 1. The van der Waals surface area contributed by atoms with Crippen LogP contribution >= 0.6 is 12.6 Å². The molecule has 0 aliphatic carbocycles. The van der Waals surface area contributed by atoms with Gasteiger partial charge in [-0.25, -0.2) is 4.79 Å². The van der Waals surface area contributed by atoms with E-state index in [1.165, 1.54) is 0 Å². The standard InChI is InChI=1S/C25H26N2O3S/c26-16-23(19-10-5-2-6-11-19)30-25(29)20-12-7-13-22(15-20)27-24(28)21(17-31)14-18-8-3-1-4-9-18/h1-13,15,21,23,31H,14,16-17,26H2,(H,27,28). The Labute approximate surface area is 188 Å². The summed E-state index contributed by atoms with van der Waals surface area (Å²) < 4.78 is 5.59. The van der Waals surface area contributed by atoms with E-state index in [4.69, 9.17) is 10.5 Å². The van der Waals surface area contributed by atoms with Gasteiger partial charge in [-0.2, -0.15) is 12.6 Å². The molecule has 0 bridgehead atoms. The van der Waals surface area contributed by atoms with Gasteiger partial charge in [0.25, 0.3) is 0 Å². The normalized spacial score (nSPS) is 12.6. The highest BCUT2D eigenvalue weighted by molar-refractivity contribution is 7.80. The molecule has 0 saturated carbocycles. The van der Waals surface area contributed by atoms with E-state index >= 15 is 0 Å². The quantitative estimate of drug-likeness (QED) is 0.347. The van der Waals surface area contributed by atoms with Crippen molar-refractivity contribution < 1.29 is 14.3 Å². The van der Waals surface area contributed by atoms with Crippen molar-refractivity contribution in [1.82, 2.24) is 0 Å². The molecule has 5 nitrogen and oxygen atoms in total. The molecule has 0 fully saturated rings. The minimum absolute atomic E-state index is 0.145. The fourth-order valence-corrected chi connectivity index (χ4v) is 3.52. The van der Waals surface area contributed by atoms with Gasteiger partial charge in [0, 0.05) is 18.0 Å². The summed E-state index contributed by atoms with van der Waals surface area (Å²) in [6.07, 6.45) is 0.0547. The number of rotatable bonds is 9. The zero-order valence-electron chi connectivity index (χ0n) is 17.1. The number of amides is 1. The molecule has 31 heavy (non-hydrogen) atoms. The van der Waals surface area contributed by atoms with Crippen LogP contribution in [0, 0.1) is 5.92 Å². The maximum Gasteiger partial charge on any atom is 0.338 e. The van der Waals surface area contributed by atoms with Crippen LogP contribution in [0.3, 0.4) is 0 Å². The van der Waals surface area contributed by atoms with Crippen molar-refractivity contribution in [3.63, 3.8) is 0 Å². The van der Waals surface area contributed by atoms with Gasteiger partial charge in [0.05, 0.1) is 11.5 Å². The van der Waals surface area contributed by atoms with Gasteiger partial charge in [0.1, 0.15) is 6.10 Å². The lowest BCUT2D eigenvalue weighted by Crippen LogP contribution is -2.26. The van der Waals surface area contributed by atoms with Gasteiger partial charge in [-0.05, 0) is 35.7 Å². The molecule has 3 aromatic carbocycles. The van der Waals surface area contributed by atoms with E-state index in [9.17, 15) is 9.59 Å². The molecule has 0 radical (unpaired) electrons. The largest absolute Gasteiger partial charge is 0.453 e. The van der Waals surface area contributed by atoms with Gasteiger partial charge in [-0.3, -0.25) is 4.79 Å². The molecule has 0 spiro atoms. The summed E-state index contributed by atoms with van der Waals surface area (Å²) in [7, 11) is 0. The molecule has 0 aliphatic heterocycles. The third-order valence-corrected chi connectivity index (χ3v) is 5.36. The average Bonchev–Trinajstić information content (AvgIpc) is 2.82. The van der Waals surface area contributed by atoms with Crippen LogP contribution in [0.5, 0.6) is 0 Å². The molecule has 0 heterocycles. The van der Waals surface area contributed by atoms with E-state index < -0.39 is 12.1 Å². The molecule has 0 aromatic heterocycles. The van der Waals surface area contributed by atoms with Crippen LogP contribution in [-0.4, -0.2) is 24.2 Å². The molecular formula is C25H26N2O3S. The predicted molar refractivity (Wildman–Crippen MR) is 126 cm³/mol. The van der Waals surface area contributed by atoms with E-state index in [0.717, 1.165) is 11.1 Å². The lowest BCUT2D eigenvalue weighted by molar-refractivity contribution is -0.119. The number of benzene rings is 3. The van der Waals surface area contributed by atoms with E-state index in [1.54, 1.807) is 24.3 Å². The SMILES string of the molecule is NCC(OC(=O)c1cccc(NC(=O)C(CS)Cc2ccccc2)c1)c1ccccc1. The van der Waals surface area contributed by atoms with Crippen LogP contribution in [0.15, 0.2) is 84.9 Å². The number of thiol groups is 1. The van der Waals surface area contributed by atoms with Crippen molar-refractivity contribution in [3.8, 4) is 0 Å². The second-order valence-electron chi connectivity index (χ2n) is 7.18. The van der Waals surface area contributed by atoms with Crippen molar-refractivity contribution in [2.24, 2.45) is 11.7 Å². The lowest BCUT2D eigenvalue weighted by atomic mass is 10.00. The summed E-state index contributed by atoms with van der Waals surface area (Å²) in [6.45, 7) is 0.176. The van der Waals surface area contributed by atoms with E-state index in [-0.39, 0.29) is 18.4 Å². The second-order valence-corrected chi connectivity index (χ2v) is 7.54. The molecule has 3 aromatic rings. The highest BCUT2D eigenvalue weighted by Crippen LogP contribution is 2.20. The number of carbonyl (C=O) groups is 2. The van der Waals surface area contributed by atoms with Gasteiger partial charge in [0.15, 0.2) is 0 Å². The summed E-state index contributed by atoms with van der Waals surface area (Å²) in [5.74, 6) is -0.516. The Morgan fingerprint density at radius 2 is 1.61 bits per heavy atom. The maximum absolute atomic E-state index is 12.7. The predicted octanol–water partition coefficient (Wildman–Crippen LogP) is 4.27. The Morgan fingerprint density at radius 3 is 2.26 bits per heavy atom. The summed E-state index contributed by atoms with van der Waals surface area (Å²) in [4.78, 5) is 25.4. The zero-order chi connectivity index (χ0) is 22.1. The molecular weight excluding hydrogens is 408 g/mol. The molecule has 3 rings (SSSR count). The summed E-state index contributed by atoms with van der Waals surface area (Å²) in [5, 5.41) is 2.89. The van der Waals surface area contributed by atoms with Gasteiger partial charge in [-0.1, -0.05) is 66.7 Å². The van der Waals surface area contributed by atoms with E-state index in [1.807, 2.05) is 60.7 Å². The summed E-state index contributed by atoms with van der Waals surface area (Å²) in [6, 6.07) is 25.9. The topological polar surface area (TPSA) is 81.4 Å². The number of hydrogen-bond donors (Lipinski definition) is 3. The van der Waals surface area contributed by atoms with Gasteiger partial charge < -0.3 is 15.8 Å². The second kappa shape index (κ2) is 11.3. The van der Waals surface area contributed by atoms with Gasteiger partial charge >= 0.3 is 5.97 Å². The number of ether oxygens (including phenoxy) is 1. The maximum atomic E-state index is 12.7. The van der Waals surface area contributed by atoms with E-state index in [0.29, 0.717) is 23.4 Å². The van der Waals surface area contributed by atoms with E-state index in [2.05, 4.69) is 17.9 Å². The molecule has 3 N–H and O–H groups in total. The van der Waals surface area contributed by atoms with Crippen LogP contribution < -0.4 is 11.1 Å². The Balaban J connectivity index is 1.66. The molecule has 1 amide bonds.